The van der Waals surface area contributed by atoms with Gasteiger partial charge < -0.3 is 9.64 Å². The van der Waals surface area contributed by atoms with E-state index in [1.807, 2.05) is 29.2 Å². The molecule has 164 valence electrons. The average Bonchev–Trinajstić information content (AvgIpc) is 3.39. The molecule has 1 aromatic carbocycles. The number of carbonyl (C=O) groups is 3. The van der Waals surface area contributed by atoms with Gasteiger partial charge in [0, 0.05) is 24.3 Å². The van der Waals surface area contributed by atoms with Gasteiger partial charge in [-0.1, -0.05) is 37.3 Å². The van der Waals surface area contributed by atoms with Crippen molar-refractivity contribution in [3.63, 3.8) is 0 Å². The SMILES string of the molecule is CCc1ccc(CC(=O)C=C[C@H]2CCC(=O)N2CCCc2ccc(C(=O)OC)s2)cc1. The van der Waals surface area contributed by atoms with E-state index in [-0.39, 0.29) is 23.7 Å². The molecule has 1 amide bonds. The Morgan fingerprint density at radius 3 is 2.61 bits per heavy atom. The average molecular weight is 440 g/mol. The van der Waals surface area contributed by atoms with Crippen LogP contribution in [0.5, 0.6) is 0 Å². The van der Waals surface area contributed by atoms with Crippen LogP contribution < -0.4 is 0 Å². The topological polar surface area (TPSA) is 63.7 Å². The molecule has 1 saturated heterocycles. The van der Waals surface area contributed by atoms with Gasteiger partial charge in [-0.25, -0.2) is 4.79 Å². The highest BCUT2D eigenvalue weighted by molar-refractivity contribution is 7.13. The predicted octanol–water partition coefficient (Wildman–Crippen LogP) is 4.39. The number of allylic oxidation sites excluding steroid dienone is 1. The fourth-order valence-electron chi connectivity index (χ4n) is 3.76. The Kier molecular flexibility index (Phi) is 8.18. The summed E-state index contributed by atoms with van der Waals surface area (Å²) in [6.45, 7) is 2.75. The summed E-state index contributed by atoms with van der Waals surface area (Å²) in [5.41, 5.74) is 2.27. The molecule has 0 N–H and O–H groups in total. The third-order valence-electron chi connectivity index (χ3n) is 5.56. The molecule has 0 unspecified atom stereocenters. The highest BCUT2D eigenvalue weighted by Gasteiger charge is 2.28. The second-order valence-electron chi connectivity index (χ2n) is 7.73. The first kappa shape index (κ1) is 22.9. The Morgan fingerprint density at radius 2 is 1.90 bits per heavy atom. The Morgan fingerprint density at radius 1 is 1.16 bits per heavy atom. The van der Waals surface area contributed by atoms with E-state index in [0.717, 1.165) is 36.1 Å². The summed E-state index contributed by atoms with van der Waals surface area (Å²) in [6, 6.07) is 11.8. The van der Waals surface area contributed by atoms with Crippen LogP contribution in [0.1, 0.15) is 51.9 Å². The van der Waals surface area contributed by atoms with Crippen molar-refractivity contribution in [3.05, 3.63) is 69.4 Å². The Bertz CT molecular complexity index is 945. The van der Waals surface area contributed by atoms with Gasteiger partial charge in [-0.15, -0.1) is 11.3 Å². The van der Waals surface area contributed by atoms with Gasteiger partial charge in [-0.3, -0.25) is 9.59 Å². The Hall–Kier alpha value is -2.73. The number of carbonyl (C=O) groups excluding carboxylic acids is 3. The van der Waals surface area contributed by atoms with Crippen LogP contribution in [0.25, 0.3) is 0 Å². The molecule has 1 aromatic heterocycles. The van der Waals surface area contributed by atoms with Crippen LogP contribution in [-0.2, 0) is 33.6 Å². The Balaban J connectivity index is 1.50. The van der Waals surface area contributed by atoms with E-state index >= 15 is 0 Å². The van der Waals surface area contributed by atoms with Gasteiger partial charge >= 0.3 is 5.97 Å². The highest BCUT2D eigenvalue weighted by Crippen LogP contribution is 2.23. The lowest BCUT2D eigenvalue weighted by atomic mass is 10.0. The minimum Gasteiger partial charge on any atom is -0.465 e. The van der Waals surface area contributed by atoms with Crippen LogP contribution >= 0.6 is 11.3 Å². The number of ketones is 1. The molecule has 1 aliphatic heterocycles. The molecule has 0 aliphatic carbocycles. The third kappa shape index (κ3) is 6.37. The lowest BCUT2D eigenvalue weighted by Crippen LogP contribution is -2.33. The van der Waals surface area contributed by atoms with Crippen LogP contribution in [0.15, 0.2) is 48.6 Å². The smallest absolute Gasteiger partial charge is 0.348 e. The molecule has 2 heterocycles. The third-order valence-corrected chi connectivity index (χ3v) is 6.68. The van der Waals surface area contributed by atoms with Crippen LogP contribution in [0.2, 0.25) is 0 Å². The van der Waals surface area contributed by atoms with Crippen LogP contribution in [0, 0.1) is 0 Å². The number of ether oxygens (including phenoxy) is 1. The van der Waals surface area contributed by atoms with Crippen molar-refractivity contribution in [3.8, 4) is 0 Å². The van der Waals surface area contributed by atoms with E-state index in [2.05, 4.69) is 19.1 Å². The first-order valence-corrected chi connectivity index (χ1v) is 11.6. The van der Waals surface area contributed by atoms with Crippen molar-refractivity contribution in [2.75, 3.05) is 13.7 Å². The molecule has 0 saturated carbocycles. The van der Waals surface area contributed by atoms with E-state index in [9.17, 15) is 14.4 Å². The zero-order valence-electron chi connectivity index (χ0n) is 18.1. The standard InChI is InChI=1S/C25H29NO4S/c1-3-18-6-8-19(9-7-18)17-21(27)12-10-20-11-15-24(28)26(20)16-4-5-22-13-14-23(31-22)25(29)30-2/h6-10,12-14,20H,3-5,11,15-17H2,1-2H3/t20-/m0/s1. The number of aryl methyl sites for hydroxylation is 2. The summed E-state index contributed by atoms with van der Waals surface area (Å²) >= 11 is 1.43. The number of thiophene rings is 1. The molecule has 31 heavy (non-hydrogen) atoms. The van der Waals surface area contributed by atoms with Crippen molar-refractivity contribution in [2.45, 2.75) is 51.5 Å². The van der Waals surface area contributed by atoms with E-state index in [1.165, 1.54) is 24.0 Å². The molecule has 5 nitrogen and oxygen atoms in total. The molecule has 0 radical (unpaired) electrons. The molecule has 1 fully saturated rings. The van der Waals surface area contributed by atoms with Crippen molar-refractivity contribution in [2.24, 2.45) is 0 Å². The number of nitrogens with zero attached hydrogens (tertiary/aromatic N) is 1. The van der Waals surface area contributed by atoms with E-state index in [1.54, 1.807) is 12.1 Å². The minimum atomic E-state index is -0.317. The number of methoxy groups -OCH3 is 1. The molecule has 2 aromatic rings. The van der Waals surface area contributed by atoms with Gasteiger partial charge in [0.25, 0.3) is 0 Å². The maximum Gasteiger partial charge on any atom is 0.348 e. The van der Waals surface area contributed by atoms with Crippen molar-refractivity contribution in [1.29, 1.82) is 0 Å². The minimum absolute atomic E-state index is 0.0205. The van der Waals surface area contributed by atoms with Gasteiger partial charge in [-0.05, 0) is 55.0 Å². The van der Waals surface area contributed by atoms with Gasteiger partial charge in [0.2, 0.25) is 5.91 Å². The van der Waals surface area contributed by atoms with Crippen molar-refractivity contribution >= 4 is 29.0 Å². The lowest BCUT2D eigenvalue weighted by Gasteiger charge is -2.22. The molecular weight excluding hydrogens is 410 g/mol. The molecule has 0 spiro atoms. The first-order chi connectivity index (χ1) is 15.0. The number of likely N-dealkylation sites (tertiary alicyclic amines) is 1. The summed E-state index contributed by atoms with van der Waals surface area (Å²) in [5.74, 6) is -0.127. The molecule has 3 rings (SSSR count). The molecular formula is C25H29NO4S. The number of esters is 1. The number of hydrogen-bond acceptors (Lipinski definition) is 5. The fourth-order valence-corrected chi connectivity index (χ4v) is 4.73. The van der Waals surface area contributed by atoms with Crippen molar-refractivity contribution in [1.82, 2.24) is 4.90 Å². The van der Waals surface area contributed by atoms with Crippen LogP contribution in [-0.4, -0.2) is 42.3 Å². The maximum atomic E-state index is 12.4. The summed E-state index contributed by atoms with van der Waals surface area (Å²) < 4.78 is 4.74. The lowest BCUT2D eigenvalue weighted by molar-refractivity contribution is -0.128. The van der Waals surface area contributed by atoms with Gasteiger partial charge in [0.1, 0.15) is 4.88 Å². The second-order valence-corrected chi connectivity index (χ2v) is 8.89. The van der Waals surface area contributed by atoms with Crippen LogP contribution in [0.4, 0.5) is 0 Å². The summed E-state index contributed by atoms with van der Waals surface area (Å²) in [6.07, 6.45) is 7.76. The van der Waals surface area contributed by atoms with Crippen LogP contribution in [0.3, 0.4) is 0 Å². The van der Waals surface area contributed by atoms with E-state index in [4.69, 9.17) is 4.74 Å². The normalized spacial score (nSPS) is 16.3. The summed E-state index contributed by atoms with van der Waals surface area (Å²) in [4.78, 5) is 39.8. The van der Waals surface area contributed by atoms with Gasteiger partial charge in [0.05, 0.1) is 13.2 Å². The second kappa shape index (κ2) is 11.0. The summed E-state index contributed by atoms with van der Waals surface area (Å²) in [7, 11) is 1.38. The zero-order chi connectivity index (χ0) is 22.2. The first-order valence-electron chi connectivity index (χ1n) is 10.8. The number of amides is 1. The molecule has 6 heteroatoms. The highest BCUT2D eigenvalue weighted by atomic mass is 32.1. The van der Waals surface area contributed by atoms with Gasteiger partial charge in [-0.2, -0.15) is 0 Å². The monoisotopic (exact) mass is 439 g/mol. The largest absolute Gasteiger partial charge is 0.465 e. The zero-order valence-corrected chi connectivity index (χ0v) is 19.0. The fraction of sp³-hybridized carbons (Fsp3) is 0.400. The number of hydrogen-bond donors (Lipinski definition) is 0. The molecule has 1 aliphatic rings. The Labute approximate surface area is 187 Å². The van der Waals surface area contributed by atoms with E-state index in [0.29, 0.717) is 24.3 Å². The number of rotatable bonds is 10. The molecule has 0 bridgehead atoms. The molecule has 1 atom stereocenters. The van der Waals surface area contributed by atoms with E-state index < -0.39 is 0 Å². The quantitative estimate of drug-likeness (QED) is 0.407. The van der Waals surface area contributed by atoms with Crippen molar-refractivity contribution < 1.29 is 19.1 Å². The van der Waals surface area contributed by atoms with Gasteiger partial charge in [0.15, 0.2) is 5.78 Å². The number of benzene rings is 1. The summed E-state index contributed by atoms with van der Waals surface area (Å²) in [5, 5.41) is 0. The predicted molar refractivity (Wildman–Crippen MR) is 122 cm³/mol. The maximum absolute atomic E-state index is 12.4.